The number of rotatable bonds is 5. The van der Waals surface area contributed by atoms with Crippen molar-refractivity contribution < 1.29 is 9.53 Å². The molecule has 24 heavy (non-hydrogen) atoms. The molecule has 0 fully saturated rings. The summed E-state index contributed by atoms with van der Waals surface area (Å²) in [5.74, 6) is 0.616. The molecule has 3 N–H and O–H groups in total. The van der Waals surface area contributed by atoms with E-state index in [-0.39, 0.29) is 23.9 Å². The van der Waals surface area contributed by atoms with E-state index in [4.69, 9.17) is 10.5 Å². The Kier molecular flexibility index (Phi) is 7.11. The number of anilines is 2. The average molecular weight is 349 g/mol. The molecule has 0 heterocycles. The standard InChI is InChI=1S/C19H24N2O2.ClH/c1-19(2,3)23-17-11-7-6-10-16(17)21-18(22)13-12-14-8-4-5-9-15(14)20;/h4-11H,12-13,20H2,1-3H3,(H,21,22);1H. The first-order chi connectivity index (χ1) is 10.8. The van der Waals surface area contributed by atoms with Gasteiger partial charge in [-0.1, -0.05) is 30.3 Å². The lowest BCUT2D eigenvalue weighted by Crippen LogP contribution is -2.24. The van der Waals surface area contributed by atoms with Crippen LogP contribution in [0.2, 0.25) is 0 Å². The highest BCUT2D eigenvalue weighted by molar-refractivity contribution is 5.92. The molecule has 0 aliphatic heterocycles. The summed E-state index contributed by atoms with van der Waals surface area (Å²) in [6.07, 6.45) is 0.985. The molecule has 0 atom stereocenters. The number of amides is 1. The fraction of sp³-hybridized carbons (Fsp3) is 0.316. The van der Waals surface area contributed by atoms with Crippen molar-refractivity contribution >= 4 is 29.7 Å². The second-order valence-electron chi connectivity index (χ2n) is 6.46. The van der Waals surface area contributed by atoms with Gasteiger partial charge in [0.05, 0.1) is 5.69 Å². The summed E-state index contributed by atoms with van der Waals surface area (Å²) in [4.78, 5) is 12.2. The minimum absolute atomic E-state index is 0. The second-order valence-corrected chi connectivity index (χ2v) is 6.46. The number of ether oxygens (including phenoxy) is 1. The van der Waals surface area contributed by atoms with E-state index in [0.717, 1.165) is 11.3 Å². The Morgan fingerprint density at radius 1 is 1.08 bits per heavy atom. The highest BCUT2D eigenvalue weighted by atomic mass is 35.5. The normalized spacial score (nSPS) is 10.6. The summed E-state index contributed by atoms with van der Waals surface area (Å²) in [5.41, 5.74) is 7.98. The molecule has 1 amide bonds. The van der Waals surface area contributed by atoms with E-state index in [1.54, 1.807) is 0 Å². The summed E-state index contributed by atoms with van der Waals surface area (Å²) < 4.78 is 5.88. The van der Waals surface area contributed by atoms with Gasteiger partial charge in [-0.15, -0.1) is 12.4 Å². The number of halogens is 1. The molecular weight excluding hydrogens is 324 g/mol. The zero-order valence-electron chi connectivity index (χ0n) is 14.3. The first-order valence-corrected chi connectivity index (χ1v) is 7.76. The third-order valence-corrected chi connectivity index (χ3v) is 3.25. The van der Waals surface area contributed by atoms with Gasteiger partial charge in [-0.3, -0.25) is 4.79 Å². The number of nitrogens with one attached hydrogen (secondary N) is 1. The van der Waals surface area contributed by atoms with Crippen LogP contribution >= 0.6 is 12.4 Å². The number of carbonyl (C=O) groups excluding carboxylic acids is 1. The SMILES string of the molecule is CC(C)(C)Oc1ccccc1NC(=O)CCc1ccccc1N.Cl. The molecule has 5 heteroatoms. The van der Waals surface area contributed by atoms with Gasteiger partial charge in [-0.2, -0.15) is 0 Å². The van der Waals surface area contributed by atoms with E-state index in [9.17, 15) is 4.79 Å². The summed E-state index contributed by atoms with van der Waals surface area (Å²) in [7, 11) is 0. The number of aryl methyl sites for hydroxylation is 1. The molecule has 0 unspecified atom stereocenters. The van der Waals surface area contributed by atoms with Crippen LogP contribution in [0.3, 0.4) is 0 Å². The van der Waals surface area contributed by atoms with Crippen molar-refractivity contribution in [3.63, 3.8) is 0 Å². The lowest BCUT2D eigenvalue weighted by atomic mass is 10.1. The van der Waals surface area contributed by atoms with E-state index in [0.29, 0.717) is 24.3 Å². The summed E-state index contributed by atoms with van der Waals surface area (Å²) in [6, 6.07) is 15.1. The molecule has 0 spiro atoms. The lowest BCUT2D eigenvalue weighted by Gasteiger charge is -2.23. The summed E-state index contributed by atoms with van der Waals surface area (Å²) in [5, 5.41) is 2.92. The van der Waals surface area contributed by atoms with Crippen LogP contribution in [-0.2, 0) is 11.2 Å². The maximum absolute atomic E-state index is 12.2. The quantitative estimate of drug-likeness (QED) is 0.785. The number of nitrogens with two attached hydrogens (primary N) is 1. The summed E-state index contributed by atoms with van der Waals surface area (Å²) in [6.45, 7) is 5.93. The molecule has 0 aliphatic carbocycles. The number of para-hydroxylation sites is 3. The van der Waals surface area contributed by atoms with Crippen molar-refractivity contribution in [2.24, 2.45) is 0 Å². The monoisotopic (exact) mass is 348 g/mol. The number of nitrogen functional groups attached to an aromatic ring is 1. The number of benzene rings is 2. The van der Waals surface area contributed by atoms with Crippen molar-refractivity contribution in [3.05, 3.63) is 54.1 Å². The van der Waals surface area contributed by atoms with Gasteiger partial charge in [-0.05, 0) is 51.0 Å². The molecule has 4 nitrogen and oxygen atoms in total. The average Bonchev–Trinajstić information content (AvgIpc) is 2.47. The molecule has 2 aromatic carbocycles. The van der Waals surface area contributed by atoms with E-state index in [1.807, 2.05) is 69.3 Å². The number of hydrogen-bond acceptors (Lipinski definition) is 3. The van der Waals surface area contributed by atoms with Gasteiger partial charge >= 0.3 is 0 Å². The zero-order chi connectivity index (χ0) is 16.9. The van der Waals surface area contributed by atoms with Gasteiger partial charge in [0, 0.05) is 12.1 Å². The Labute approximate surface area is 149 Å². The molecule has 0 aromatic heterocycles. The molecule has 0 radical (unpaired) electrons. The van der Waals surface area contributed by atoms with Gasteiger partial charge in [0.25, 0.3) is 0 Å². The first-order valence-electron chi connectivity index (χ1n) is 7.76. The fourth-order valence-electron chi connectivity index (χ4n) is 2.21. The van der Waals surface area contributed by atoms with Crippen molar-refractivity contribution in [1.82, 2.24) is 0 Å². The van der Waals surface area contributed by atoms with Crippen LogP contribution in [0, 0.1) is 0 Å². The van der Waals surface area contributed by atoms with Crippen LogP contribution in [-0.4, -0.2) is 11.5 Å². The van der Waals surface area contributed by atoms with Gasteiger partial charge in [0.15, 0.2) is 0 Å². The maximum atomic E-state index is 12.2. The largest absolute Gasteiger partial charge is 0.486 e. The zero-order valence-corrected chi connectivity index (χ0v) is 15.2. The second kappa shape index (κ2) is 8.60. The number of carbonyl (C=O) groups is 1. The smallest absolute Gasteiger partial charge is 0.224 e. The van der Waals surface area contributed by atoms with E-state index >= 15 is 0 Å². The highest BCUT2D eigenvalue weighted by Gasteiger charge is 2.15. The minimum Gasteiger partial charge on any atom is -0.486 e. The van der Waals surface area contributed by atoms with Gasteiger partial charge < -0.3 is 15.8 Å². The van der Waals surface area contributed by atoms with Gasteiger partial charge in [-0.25, -0.2) is 0 Å². The fourth-order valence-corrected chi connectivity index (χ4v) is 2.21. The number of hydrogen-bond donors (Lipinski definition) is 2. The van der Waals surface area contributed by atoms with Crippen LogP contribution in [0.15, 0.2) is 48.5 Å². The molecule has 2 rings (SSSR count). The Morgan fingerprint density at radius 2 is 1.71 bits per heavy atom. The van der Waals surface area contributed by atoms with E-state index in [1.165, 1.54) is 0 Å². The predicted molar refractivity (Wildman–Crippen MR) is 102 cm³/mol. The molecular formula is C19H25ClN2O2. The van der Waals surface area contributed by atoms with Crippen LogP contribution in [0.25, 0.3) is 0 Å². The van der Waals surface area contributed by atoms with Crippen molar-refractivity contribution in [2.45, 2.75) is 39.2 Å². The Morgan fingerprint density at radius 3 is 2.38 bits per heavy atom. The van der Waals surface area contributed by atoms with Crippen LogP contribution < -0.4 is 15.8 Å². The van der Waals surface area contributed by atoms with Crippen molar-refractivity contribution in [1.29, 1.82) is 0 Å². The Hall–Kier alpha value is -2.20. The van der Waals surface area contributed by atoms with Crippen LogP contribution in [0.4, 0.5) is 11.4 Å². The lowest BCUT2D eigenvalue weighted by molar-refractivity contribution is -0.116. The minimum atomic E-state index is -0.320. The maximum Gasteiger partial charge on any atom is 0.224 e. The van der Waals surface area contributed by atoms with Gasteiger partial charge in [0.1, 0.15) is 11.4 Å². The summed E-state index contributed by atoms with van der Waals surface area (Å²) >= 11 is 0. The predicted octanol–water partition coefficient (Wildman–Crippen LogP) is 4.44. The third kappa shape index (κ3) is 6.13. The van der Waals surface area contributed by atoms with E-state index < -0.39 is 0 Å². The molecule has 0 saturated carbocycles. The van der Waals surface area contributed by atoms with Crippen LogP contribution in [0.5, 0.6) is 5.75 Å². The molecule has 0 aliphatic rings. The molecule has 0 bridgehead atoms. The highest BCUT2D eigenvalue weighted by Crippen LogP contribution is 2.27. The van der Waals surface area contributed by atoms with Crippen molar-refractivity contribution in [3.8, 4) is 5.75 Å². The third-order valence-electron chi connectivity index (χ3n) is 3.25. The van der Waals surface area contributed by atoms with E-state index in [2.05, 4.69) is 5.32 Å². The Bertz CT molecular complexity index is 681. The molecule has 130 valence electrons. The Balaban J connectivity index is 0.00000288. The van der Waals surface area contributed by atoms with Gasteiger partial charge in [0.2, 0.25) is 5.91 Å². The van der Waals surface area contributed by atoms with Crippen LogP contribution in [0.1, 0.15) is 32.8 Å². The van der Waals surface area contributed by atoms with Crippen molar-refractivity contribution in [2.75, 3.05) is 11.1 Å². The molecule has 0 saturated heterocycles. The first kappa shape index (κ1) is 19.8. The topological polar surface area (TPSA) is 64.3 Å². The molecule has 2 aromatic rings.